The average Bonchev–Trinajstić information content (AvgIpc) is 2.99. The summed E-state index contributed by atoms with van der Waals surface area (Å²) in [5.41, 5.74) is 0.0453. The van der Waals surface area contributed by atoms with E-state index in [-0.39, 0.29) is 30.1 Å². The van der Waals surface area contributed by atoms with Crippen LogP contribution in [0.4, 0.5) is 0 Å². The molecule has 128 valence electrons. The fraction of sp³-hybridized carbons (Fsp3) is 0.375. The SMILES string of the molecule is Cl.O=C(O)c1cn(N2C[C@@H]3NCCO[C@H]3C2)c2ccccc2c1=O. The summed E-state index contributed by atoms with van der Waals surface area (Å²) in [7, 11) is 0. The van der Waals surface area contributed by atoms with Crippen LogP contribution >= 0.6 is 12.4 Å². The van der Waals surface area contributed by atoms with E-state index >= 15 is 0 Å². The molecule has 2 atom stereocenters. The molecular weight excluding hydrogens is 334 g/mol. The number of aromatic nitrogens is 1. The maximum Gasteiger partial charge on any atom is 0.341 e. The molecular formula is C16H18ClN3O4. The molecule has 1 aromatic carbocycles. The quantitative estimate of drug-likeness (QED) is 0.816. The van der Waals surface area contributed by atoms with Gasteiger partial charge in [-0.05, 0) is 12.1 Å². The number of carboxylic acids is 1. The van der Waals surface area contributed by atoms with Crippen LogP contribution in [0.5, 0.6) is 0 Å². The third-order valence-corrected chi connectivity index (χ3v) is 4.51. The first kappa shape index (κ1) is 16.8. The van der Waals surface area contributed by atoms with Gasteiger partial charge < -0.3 is 20.2 Å². The Labute approximate surface area is 144 Å². The van der Waals surface area contributed by atoms with E-state index in [2.05, 4.69) is 5.32 Å². The molecule has 3 heterocycles. The zero-order valence-electron chi connectivity index (χ0n) is 12.8. The molecule has 1 aromatic heterocycles. The summed E-state index contributed by atoms with van der Waals surface area (Å²) in [5, 5.41) is 15.2. The van der Waals surface area contributed by atoms with Gasteiger partial charge in [-0.2, -0.15) is 0 Å². The molecule has 8 heteroatoms. The molecule has 2 N–H and O–H groups in total. The van der Waals surface area contributed by atoms with Gasteiger partial charge >= 0.3 is 5.97 Å². The van der Waals surface area contributed by atoms with Crippen LogP contribution in [0.2, 0.25) is 0 Å². The van der Waals surface area contributed by atoms with Gasteiger partial charge in [0.25, 0.3) is 0 Å². The predicted molar refractivity (Wildman–Crippen MR) is 91.9 cm³/mol. The fourth-order valence-corrected chi connectivity index (χ4v) is 3.40. The van der Waals surface area contributed by atoms with Crippen molar-refractivity contribution in [3.05, 3.63) is 46.2 Å². The average molecular weight is 352 g/mol. The van der Waals surface area contributed by atoms with E-state index in [0.29, 0.717) is 30.6 Å². The Bertz CT molecular complexity index is 824. The summed E-state index contributed by atoms with van der Waals surface area (Å²) in [6.07, 6.45) is 1.50. The number of para-hydroxylation sites is 1. The first-order chi connectivity index (χ1) is 11.1. The minimum Gasteiger partial charge on any atom is -0.477 e. The van der Waals surface area contributed by atoms with Crippen LogP contribution in [-0.4, -0.2) is 54.1 Å². The molecule has 0 amide bonds. The second kappa shape index (κ2) is 6.43. The highest BCUT2D eigenvalue weighted by molar-refractivity contribution is 5.92. The van der Waals surface area contributed by atoms with Crippen LogP contribution in [0.25, 0.3) is 10.9 Å². The number of carbonyl (C=O) groups is 1. The highest BCUT2D eigenvalue weighted by Crippen LogP contribution is 2.19. The number of fused-ring (bicyclic) bond motifs is 2. The van der Waals surface area contributed by atoms with Crippen LogP contribution in [0.3, 0.4) is 0 Å². The number of nitrogens with one attached hydrogen (secondary N) is 1. The Hall–Kier alpha value is -2.09. The van der Waals surface area contributed by atoms with E-state index in [1.165, 1.54) is 6.20 Å². The minimum absolute atomic E-state index is 0. The van der Waals surface area contributed by atoms with Crippen LogP contribution in [0.15, 0.2) is 35.3 Å². The number of hydrogen-bond donors (Lipinski definition) is 2. The van der Waals surface area contributed by atoms with E-state index in [1.807, 2.05) is 17.1 Å². The van der Waals surface area contributed by atoms with Crippen molar-refractivity contribution in [1.29, 1.82) is 0 Å². The number of ether oxygens (including phenoxy) is 1. The lowest BCUT2D eigenvalue weighted by atomic mass is 10.1. The van der Waals surface area contributed by atoms with Crippen LogP contribution in [0, 0.1) is 0 Å². The lowest BCUT2D eigenvalue weighted by Gasteiger charge is -2.25. The van der Waals surface area contributed by atoms with Crippen molar-refractivity contribution < 1.29 is 14.6 Å². The summed E-state index contributed by atoms with van der Waals surface area (Å²) >= 11 is 0. The van der Waals surface area contributed by atoms with E-state index in [0.717, 1.165) is 6.54 Å². The van der Waals surface area contributed by atoms with Gasteiger partial charge in [-0.1, -0.05) is 12.1 Å². The third-order valence-electron chi connectivity index (χ3n) is 4.51. The standard InChI is InChI=1S/C16H17N3O4.ClH/c20-15-10-3-1-2-4-13(10)19(7-11(15)16(21)22)18-8-12-14(9-18)23-6-5-17-12;/h1-4,7,12,14,17H,5-6,8-9H2,(H,21,22);1H/t12-,14-;/m0./s1. The zero-order valence-corrected chi connectivity index (χ0v) is 13.7. The number of carboxylic acid groups (broad SMARTS) is 1. The summed E-state index contributed by atoms with van der Waals surface area (Å²) in [5.74, 6) is -1.21. The molecule has 2 fully saturated rings. The number of pyridine rings is 1. The van der Waals surface area contributed by atoms with Gasteiger partial charge in [-0.25, -0.2) is 4.79 Å². The predicted octanol–water partition coefficient (Wildman–Crippen LogP) is 0.430. The van der Waals surface area contributed by atoms with Gasteiger partial charge in [0, 0.05) is 18.1 Å². The van der Waals surface area contributed by atoms with Crippen molar-refractivity contribution in [3.8, 4) is 0 Å². The van der Waals surface area contributed by atoms with Gasteiger partial charge in [0.05, 0.1) is 37.4 Å². The number of nitrogens with zero attached hydrogens (tertiary/aromatic N) is 2. The van der Waals surface area contributed by atoms with Crippen LogP contribution < -0.4 is 15.8 Å². The molecule has 2 aliphatic heterocycles. The molecule has 0 radical (unpaired) electrons. The number of hydrogen-bond acceptors (Lipinski definition) is 5. The van der Waals surface area contributed by atoms with Crippen molar-refractivity contribution in [2.24, 2.45) is 0 Å². The Kier molecular flexibility index (Phi) is 4.49. The molecule has 24 heavy (non-hydrogen) atoms. The molecule has 2 aromatic rings. The lowest BCUT2D eigenvalue weighted by molar-refractivity contribution is 0.0209. The number of benzene rings is 1. The second-order valence-corrected chi connectivity index (χ2v) is 5.88. The number of halogens is 1. The van der Waals surface area contributed by atoms with Crippen molar-refractivity contribution in [3.63, 3.8) is 0 Å². The Morgan fingerprint density at radius 1 is 1.29 bits per heavy atom. The Balaban J connectivity index is 0.00000169. The van der Waals surface area contributed by atoms with Gasteiger partial charge in [-0.15, -0.1) is 12.4 Å². The molecule has 0 spiro atoms. The third kappa shape index (κ3) is 2.64. The normalized spacial score (nSPS) is 22.9. The molecule has 0 saturated carbocycles. The Morgan fingerprint density at radius 3 is 2.83 bits per heavy atom. The highest BCUT2D eigenvalue weighted by atomic mass is 35.5. The van der Waals surface area contributed by atoms with Gasteiger partial charge in [0.15, 0.2) is 0 Å². The van der Waals surface area contributed by atoms with Crippen molar-refractivity contribution in [2.75, 3.05) is 31.3 Å². The van der Waals surface area contributed by atoms with E-state index in [4.69, 9.17) is 4.74 Å². The summed E-state index contributed by atoms with van der Waals surface area (Å²) in [4.78, 5) is 23.8. The molecule has 2 saturated heterocycles. The van der Waals surface area contributed by atoms with Crippen LogP contribution in [-0.2, 0) is 4.74 Å². The maximum atomic E-state index is 12.3. The molecule has 0 bridgehead atoms. The summed E-state index contributed by atoms with van der Waals surface area (Å²) in [6.45, 7) is 2.86. The van der Waals surface area contributed by atoms with Gasteiger partial charge in [0.2, 0.25) is 5.43 Å². The summed E-state index contributed by atoms with van der Waals surface area (Å²) in [6, 6.07) is 7.30. The number of morpholine rings is 1. The number of aromatic carboxylic acids is 1. The number of rotatable bonds is 2. The minimum atomic E-state index is -1.21. The monoisotopic (exact) mass is 351 g/mol. The first-order valence-electron chi connectivity index (χ1n) is 7.63. The largest absolute Gasteiger partial charge is 0.477 e. The second-order valence-electron chi connectivity index (χ2n) is 5.88. The van der Waals surface area contributed by atoms with Crippen molar-refractivity contribution in [1.82, 2.24) is 9.99 Å². The van der Waals surface area contributed by atoms with Crippen molar-refractivity contribution in [2.45, 2.75) is 12.1 Å². The molecule has 4 rings (SSSR count). The lowest BCUT2D eigenvalue weighted by Crippen LogP contribution is -2.47. The van der Waals surface area contributed by atoms with E-state index in [1.54, 1.807) is 16.8 Å². The molecule has 2 aliphatic rings. The Morgan fingerprint density at radius 2 is 2.08 bits per heavy atom. The molecule has 7 nitrogen and oxygen atoms in total. The summed E-state index contributed by atoms with van der Waals surface area (Å²) < 4.78 is 7.55. The van der Waals surface area contributed by atoms with E-state index in [9.17, 15) is 14.7 Å². The highest BCUT2D eigenvalue weighted by Gasteiger charge is 2.36. The first-order valence-corrected chi connectivity index (χ1v) is 7.63. The van der Waals surface area contributed by atoms with Crippen LogP contribution in [0.1, 0.15) is 10.4 Å². The topological polar surface area (TPSA) is 83.8 Å². The fourth-order valence-electron chi connectivity index (χ4n) is 3.40. The maximum absolute atomic E-state index is 12.3. The van der Waals surface area contributed by atoms with Gasteiger partial charge in [-0.3, -0.25) is 9.47 Å². The zero-order chi connectivity index (χ0) is 16.0. The van der Waals surface area contributed by atoms with Gasteiger partial charge in [0.1, 0.15) is 5.56 Å². The molecule has 0 aliphatic carbocycles. The molecule has 0 unspecified atom stereocenters. The van der Waals surface area contributed by atoms with E-state index < -0.39 is 11.4 Å². The van der Waals surface area contributed by atoms with Crippen molar-refractivity contribution >= 4 is 29.3 Å². The smallest absolute Gasteiger partial charge is 0.341 e.